The van der Waals surface area contributed by atoms with Crippen LogP contribution >= 0.6 is 0 Å². The van der Waals surface area contributed by atoms with Crippen molar-refractivity contribution < 1.29 is 4.79 Å². The summed E-state index contributed by atoms with van der Waals surface area (Å²) in [4.78, 5) is 23.8. The predicted molar refractivity (Wildman–Crippen MR) is 111 cm³/mol. The van der Waals surface area contributed by atoms with E-state index in [4.69, 9.17) is 0 Å². The van der Waals surface area contributed by atoms with Gasteiger partial charge in [-0.25, -0.2) is 9.78 Å². The Morgan fingerprint density at radius 2 is 1.82 bits per heavy atom. The van der Waals surface area contributed by atoms with E-state index in [2.05, 4.69) is 51.3 Å². The van der Waals surface area contributed by atoms with Crippen LogP contribution in [0.4, 0.5) is 10.6 Å². The molecule has 2 unspecified atom stereocenters. The van der Waals surface area contributed by atoms with Crippen molar-refractivity contribution >= 4 is 11.8 Å². The number of carbonyl (C=O) groups is 1. The number of carbonyl (C=O) groups excluding carboxylic acids is 1. The minimum atomic E-state index is 0.0689. The number of nitrogens with zero attached hydrogens (tertiary/aromatic N) is 4. The number of piperazine rings is 1. The van der Waals surface area contributed by atoms with Crippen molar-refractivity contribution in [2.75, 3.05) is 37.6 Å². The summed E-state index contributed by atoms with van der Waals surface area (Å²) in [6.07, 6.45) is 2.82. The molecule has 1 aromatic carbocycles. The van der Waals surface area contributed by atoms with Crippen LogP contribution in [0.3, 0.4) is 0 Å². The third-order valence-corrected chi connectivity index (χ3v) is 5.80. The molecule has 0 radical (unpaired) electrons. The molecule has 0 saturated carbocycles. The molecule has 2 amide bonds. The molecule has 6 heteroatoms. The van der Waals surface area contributed by atoms with Crippen molar-refractivity contribution in [2.24, 2.45) is 0 Å². The van der Waals surface area contributed by atoms with Crippen molar-refractivity contribution in [1.29, 1.82) is 0 Å². The summed E-state index contributed by atoms with van der Waals surface area (Å²) in [5, 5.41) is 3.26. The SMILES string of the molecule is CC1CC(NC(=O)N2CCN(c3ccccn3)CC2)CN1Cc1ccccc1. The molecule has 2 aromatic rings. The zero-order valence-corrected chi connectivity index (χ0v) is 16.5. The second-order valence-electron chi connectivity index (χ2n) is 7.81. The fraction of sp³-hybridized carbons (Fsp3) is 0.455. The number of pyridine rings is 1. The van der Waals surface area contributed by atoms with Crippen LogP contribution in [0.2, 0.25) is 0 Å². The van der Waals surface area contributed by atoms with E-state index in [0.717, 1.165) is 51.5 Å². The highest BCUT2D eigenvalue weighted by molar-refractivity contribution is 5.75. The number of rotatable bonds is 4. The van der Waals surface area contributed by atoms with Crippen molar-refractivity contribution in [2.45, 2.75) is 32.0 Å². The van der Waals surface area contributed by atoms with E-state index in [1.165, 1.54) is 5.56 Å². The second kappa shape index (κ2) is 8.61. The minimum absolute atomic E-state index is 0.0689. The third kappa shape index (κ3) is 4.44. The number of urea groups is 1. The molecule has 2 atom stereocenters. The van der Waals surface area contributed by atoms with Gasteiger partial charge in [0, 0.05) is 57.5 Å². The molecule has 0 aliphatic carbocycles. The molecular formula is C22H29N5O. The van der Waals surface area contributed by atoms with Crippen molar-refractivity contribution in [3.8, 4) is 0 Å². The monoisotopic (exact) mass is 379 g/mol. The third-order valence-electron chi connectivity index (χ3n) is 5.80. The van der Waals surface area contributed by atoms with Gasteiger partial charge >= 0.3 is 6.03 Å². The van der Waals surface area contributed by atoms with E-state index in [0.29, 0.717) is 6.04 Å². The number of hydrogen-bond donors (Lipinski definition) is 1. The molecule has 6 nitrogen and oxygen atoms in total. The van der Waals surface area contributed by atoms with E-state index in [9.17, 15) is 4.79 Å². The van der Waals surface area contributed by atoms with Crippen LogP contribution in [0.15, 0.2) is 54.7 Å². The van der Waals surface area contributed by atoms with Gasteiger partial charge in [0.05, 0.1) is 0 Å². The fourth-order valence-corrected chi connectivity index (χ4v) is 4.19. The molecule has 4 rings (SSSR count). The maximum Gasteiger partial charge on any atom is 0.317 e. The highest BCUT2D eigenvalue weighted by Gasteiger charge is 2.31. The lowest BCUT2D eigenvalue weighted by Crippen LogP contribution is -2.54. The number of hydrogen-bond acceptors (Lipinski definition) is 4. The first-order chi connectivity index (χ1) is 13.7. The molecule has 2 fully saturated rings. The van der Waals surface area contributed by atoms with E-state index < -0.39 is 0 Å². The highest BCUT2D eigenvalue weighted by Crippen LogP contribution is 2.21. The number of benzene rings is 1. The van der Waals surface area contributed by atoms with Gasteiger partial charge in [-0.1, -0.05) is 36.4 Å². The predicted octanol–water partition coefficient (Wildman–Crippen LogP) is 2.58. The Bertz CT molecular complexity index is 761. The van der Waals surface area contributed by atoms with Gasteiger partial charge in [-0.15, -0.1) is 0 Å². The molecular weight excluding hydrogens is 350 g/mol. The van der Waals surface area contributed by atoms with Gasteiger partial charge in [-0.05, 0) is 31.0 Å². The van der Waals surface area contributed by atoms with Gasteiger partial charge in [0.2, 0.25) is 0 Å². The molecule has 2 aliphatic heterocycles. The largest absolute Gasteiger partial charge is 0.353 e. The number of anilines is 1. The lowest BCUT2D eigenvalue weighted by atomic mass is 10.2. The van der Waals surface area contributed by atoms with Gasteiger partial charge in [0.15, 0.2) is 0 Å². The zero-order valence-electron chi connectivity index (χ0n) is 16.5. The van der Waals surface area contributed by atoms with Crippen LogP contribution in [0.5, 0.6) is 0 Å². The van der Waals surface area contributed by atoms with E-state index in [-0.39, 0.29) is 12.1 Å². The van der Waals surface area contributed by atoms with Gasteiger partial charge in [-0.3, -0.25) is 4.90 Å². The van der Waals surface area contributed by atoms with E-state index >= 15 is 0 Å². The Labute approximate surface area is 167 Å². The normalized spacial score (nSPS) is 23.0. The molecule has 148 valence electrons. The van der Waals surface area contributed by atoms with E-state index in [1.54, 1.807) is 0 Å². The molecule has 28 heavy (non-hydrogen) atoms. The second-order valence-corrected chi connectivity index (χ2v) is 7.81. The minimum Gasteiger partial charge on any atom is -0.353 e. The first-order valence-corrected chi connectivity index (χ1v) is 10.2. The Morgan fingerprint density at radius 1 is 1.07 bits per heavy atom. The summed E-state index contributed by atoms with van der Waals surface area (Å²) in [6.45, 7) is 7.22. The van der Waals surface area contributed by atoms with Crippen LogP contribution in [0, 0.1) is 0 Å². The first-order valence-electron chi connectivity index (χ1n) is 10.2. The average molecular weight is 380 g/mol. The molecule has 0 bridgehead atoms. The van der Waals surface area contributed by atoms with Gasteiger partial charge in [-0.2, -0.15) is 0 Å². The summed E-state index contributed by atoms with van der Waals surface area (Å²) >= 11 is 0. The number of aromatic nitrogens is 1. The smallest absolute Gasteiger partial charge is 0.317 e. The average Bonchev–Trinajstić information content (AvgIpc) is 3.08. The summed E-state index contributed by atoms with van der Waals surface area (Å²) in [5.41, 5.74) is 1.33. The molecule has 1 aromatic heterocycles. The summed E-state index contributed by atoms with van der Waals surface area (Å²) in [6, 6.07) is 17.3. The number of amides is 2. The quantitative estimate of drug-likeness (QED) is 0.887. The van der Waals surface area contributed by atoms with Crippen LogP contribution in [0.1, 0.15) is 18.9 Å². The molecule has 2 saturated heterocycles. The Hall–Kier alpha value is -2.60. The Balaban J connectivity index is 1.25. The summed E-state index contributed by atoms with van der Waals surface area (Å²) in [7, 11) is 0. The van der Waals surface area contributed by atoms with Crippen molar-refractivity contribution in [3.05, 3.63) is 60.3 Å². The lowest BCUT2D eigenvalue weighted by Gasteiger charge is -2.35. The zero-order chi connectivity index (χ0) is 19.3. The van der Waals surface area contributed by atoms with Crippen LogP contribution in [-0.2, 0) is 6.54 Å². The van der Waals surface area contributed by atoms with Crippen molar-refractivity contribution in [3.63, 3.8) is 0 Å². The van der Waals surface area contributed by atoms with Crippen molar-refractivity contribution in [1.82, 2.24) is 20.1 Å². The fourth-order valence-electron chi connectivity index (χ4n) is 4.19. The molecule has 1 N–H and O–H groups in total. The lowest BCUT2D eigenvalue weighted by molar-refractivity contribution is 0.189. The van der Waals surface area contributed by atoms with Gasteiger partial charge in [0.1, 0.15) is 5.82 Å². The maximum atomic E-state index is 12.7. The summed E-state index contributed by atoms with van der Waals surface area (Å²) < 4.78 is 0. The summed E-state index contributed by atoms with van der Waals surface area (Å²) in [5.74, 6) is 0.990. The Morgan fingerprint density at radius 3 is 2.54 bits per heavy atom. The van der Waals surface area contributed by atoms with E-state index in [1.807, 2.05) is 35.4 Å². The molecule has 2 aliphatic rings. The highest BCUT2D eigenvalue weighted by atomic mass is 16.2. The standard InChI is InChI=1S/C22H29N5O/c1-18-15-20(17-27(18)16-19-7-3-2-4-8-19)24-22(28)26-13-11-25(12-14-26)21-9-5-6-10-23-21/h2-10,18,20H,11-17H2,1H3,(H,24,28). The number of likely N-dealkylation sites (tertiary alicyclic amines) is 1. The van der Waals surface area contributed by atoms with Crippen LogP contribution in [-0.4, -0.2) is 65.6 Å². The molecule has 3 heterocycles. The van der Waals surface area contributed by atoms with Crippen LogP contribution in [0.25, 0.3) is 0 Å². The number of nitrogens with one attached hydrogen (secondary N) is 1. The van der Waals surface area contributed by atoms with Gasteiger partial charge in [0.25, 0.3) is 0 Å². The van der Waals surface area contributed by atoms with Crippen LogP contribution < -0.4 is 10.2 Å². The maximum absolute atomic E-state index is 12.7. The van der Waals surface area contributed by atoms with Gasteiger partial charge < -0.3 is 15.1 Å². The first kappa shape index (κ1) is 18.7. The molecule has 0 spiro atoms. The Kier molecular flexibility index (Phi) is 5.76. The topological polar surface area (TPSA) is 51.7 Å².